The first kappa shape index (κ1) is 15.2. The Labute approximate surface area is 137 Å². The van der Waals surface area contributed by atoms with Crippen LogP contribution in [-0.2, 0) is 4.79 Å². The SMILES string of the molecule is CC(=O)Nc1ccc2nc(NC(=O)c3ccccc3C)sc2c1. The number of nitrogens with zero attached hydrogens (tertiary/aromatic N) is 1. The van der Waals surface area contributed by atoms with Crippen molar-refractivity contribution in [3.8, 4) is 0 Å². The van der Waals surface area contributed by atoms with Gasteiger partial charge < -0.3 is 5.32 Å². The van der Waals surface area contributed by atoms with Crippen LogP contribution < -0.4 is 10.6 Å². The monoisotopic (exact) mass is 325 g/mol. The first-order valence-corrected chi connectivity index (χ1v) is 7.90. The minimum Gasteiger partial charge on any atom is -0.326 e. The number of benzene rings is 2. The number of nitrogens with one attached hydrogen (secondary N) is 2. The highest BCUT2D eigenvalue weighted by Crippen LogP contribution is 2.28. The van der Waals surface area contributed by atoms with E-state index >= 15 is 0 Å². The van der Waals surface area contributed by atoms with Crippen LogP contribution >= 0.6 is 11.3 Å². The third-order valence-corrected chi connectivity index (χ3v) is 4.25. The summed E-state index contributed by atoms with van der Waals surface area (Å²) in [4.78, 5) is 27.8. The number of aryl methyl sites for hydroxylation is 1. The predicted molar refractivity (Wildman–Crippen MR) is 93.1 cm³/mol. The van der Waals surface area contributed by atoms with E-state index in [4.69, 9.17) is 0 Å². The molecule has 0 spiro atoms. The molecule has 0 aliphatic heterocycles. The highest BCUT2D eigenvalue weighted by Gasteiger charge is 2.12. The van der Waals surface area contributed by atoms with E-state index < -0.39 is 0 Å². The fourth-order valence-electron chi connectivity index (χ4n) is 2.25. The molecule has 0 saturated carbocycles. The highest BCUT2D eigenvalue weighted by atomic mass is 32.1. The minimum absolute atomic E-state index is 0.123. The zero-order chi connectivity index (χ0) is 16.4. The van der Waals surface area contributed by atoms with Gasteiger partial charge in [0, 0.05) is 18.2 Å². The lowest BCUT2D eigenvalue weighted by molar-refractivity contribution is -0.114. The minimum atomic E-state index is -0.177. The lowest BCUT2D eigenvalue weighted by Crippen LogP contribution is -2.12. The molecule has 2 aromatic carbocycles. The summed E-state index contributed by atoms with van der Waals surface area (Å²) >= 11 is 1.37. The van der Waals surface area contributed by atoms with Gasteiger partial charge in [0.15, 0.2) is 5.13 Å². The molecular formula is C17H15N3O2S. The van der Waals surface area contributed by atoms with Gasteiger partial charge in [0.25, 0.3) is 5.91 Å². The maximum Gasteiger partial charge on any atom is 0.257 e. The molecule has 116 valence electrons. The van der Waals surface area contributed by atoms with Gasteiger partial charge in [-0.2, -0.15) is 0 Å². The molecule has 3 rings (SSSR count). The Balaban J connectivity index is 1.85. The van der Waals surface area contributed by atoms with Gasteiger partial charge in [0.1, 0.15) is 0 Å². The summed E-state index contributed by atoms with van der Waals surface area (Å²) in [6, 6.07) is 12.9. The third-order valence-electron chi connectivity index (χ3n) is 3.32. The van der Waals surface area contributed by atoms with Crippen LogP contribution in [-0.4, -0.2) is 16.8 Å². The van der Waals surface area contributed by atoms with Gasteiger partial charge in [0.2, 0.25) is 5.91 Å². The Morgan fingerprint density at radius 3 is 2.61 bits per heavy atom. The smallest absolute Gasteiger partial charge is 0.257 e. The molecule has 1 aromatic heterocycles. The van der Waals surface area contributed by atoms with Gasteiger partial charge >= 0.3 is 0 Å². The second kappa shape index (κ2) is 6.18. The molecule has 1 heterocycles. The largest absolute Gasteiger partial charge is 0.326 e. The fourth-order valence-corrected chi connectivity index (χ4v) is 3.15. The molecule has 0 saturated heterocycles. The second-order valence-corrected chi connectivity index (χ2v) is 6.18. The Hall–Kier alpha value is -2.73. The number of amides is 2. The van der Waals surface area contributed by atoms with Crippen molar-refractivity contribution in [3.05, 3.63) is 53.6 Å². The number of anilines is 2. The van der Waals surface area contributed by atoms with Crippen molar-refractivity contribution in [1.82, 2.24) is 4.98 Å². The molecule has 23 heavy (non-hydrogen) atoms. The quantitative estimate of drug-likeness (QED) is 0.769. The van der Waals surface area contributed by atoms with E-state index in [9.17, 15) is 9.59 Å². The summed E-state index contributed by atoms with van der Waals surface area (Å²) in [5, 5.41) is 6.10. The van der Waals surface area contributed by atoms with Gasteiger partial charge in [-0.15, -0.1) is 0 Å². The molecule has 6 heteroatoms. The van der Waals surface area contributed by atoms with Crippen molar-refractivity contribution in [1.29, 1.82) is 0 Å². The molecular weight excluding hydrogens is 310 g/mol. The average Bonchev–Trinajstić information content (AvgIpc) is 2.88. The van der Waals surface area contributed by atoms with Crippen molar-refractivity contribution in [2.24, 2.45) is 0 Å². The lowest BCUT2D eigenvalue weighted by atomic mass is 10.1. The molecule has 2 amide bonds. The van der Waals surface area contributed by atoms with Crippen LogP contribution in [0.15, 0.2) is 42.5 Å². The van der Waals surface area contributed by atoms with E-state index in [-0.39, 0.29) is 11.8 Å². The normalized spacial score (nSPS) is 10.5. The first-order valence-electron chi connectivity index (χ1n) is 7.08. The molecule has 0 aliphatic rings. The molecule has 0 bridgehead atoms. The van der Waals surface area contributed by atoms with Gasteiger partial charge in [-0.1, -0.05) is 29.5 Å². The number of carbonyl (C=O) groups excluding carboxylic acids is 2. The van der Waals surface area contributed by atoms with E-state index in [2.05, 4.69) is 15.6 Å². The van der Waals surface area contributed by atoms with E-state index in [0.717, 1.165) is 15.8 Å². The molecule has 0 unspecified atom stereocenters. The van der Waals surface area contributed by atoms with Crippen molar-refractivity contribution >= 4 is 44.2 Å². The van der Waals surface area contributed by atoms with Crippen molar-refractivity contribution in [3.63, 3.8) is 0 Å². The number of fused-ring (bicyclic) bond motifs is 1. The van der Waals surface area contributed by atoms with E-state index in [1.165, 1.54) is 18.3 Å². The molecule has 3 aromatic rings. The molecule has 0 atom stereocenters. The number of aromatic nitrogens is 1. The maximum atomic E-state index is 12.3. The summed E-state index contributed by atoms with van der Waals surface area (Å²) in [6.45, 7) is 3.36. The number of hydrogen-bond donors (Lipinski definition) is 2. The third kappa shape index (κ3) is 3.37. The van der Waals surface area contributed by atoms with Crippen LogP contribution in [0.1, 0.15) is 22.8 Å². The van der Waals surface area contributed by atoms with Crippen molar-refractivity contribution < 1.29 is 9.59 Å². The van der Waals surface area contributed by atoms with E-state index in [0.29, 0.717) is 16.4 Å². The highest BCUT2D eigenvalue weighted by molar-refractivity contribution is 7.22. The number of hydrogen-bond acceptors (Lipinski definition) is 4. The standard InChI is InChI=1S/C17H15N3O2S/c1-10-5-3-4-6-13(10)16(22)20-17-19-14-8-7-12(18-11(2)21)9-15(14)23-17/h3-9H,1-2H3,(H,18,21)(H,19,20,22). The lowest BCUT2D eigenvalue weighted by Gasteiger charge is -2.04. The van der Waals surface area contributed by atoms with E-state index in [1.54, 1.807) is 12.1 Å². The van der Waals surface area contributed by atoms with Crippen molar-refractivity contribution in [2.75, 3.05) is 10.6 Å². The summed E-state index contributed by atoms with van der Waals surface area (Å²) in [6.07, 6.45) is 0. The van der Waals surface area contributed by atoms with Crippen molar-refractivity contribution in [2.45, 2.75) is 13.8 Å². The Morgan fingerprint density at radius 1 is 1.09 bits per heavy atom. The summed E-state index contributed by atoms with van der Waals surface area (Å²) < 4.78 is 0.899. The second-order valence-electron chi connectivity index (χ2n) is 5.15. The molecule has 0 fully saturated rings. The zero-order valence-corrected chi connectivity index (χ0v) is 13.5. The summed E-state index contributed by atoms with van der Waals surface area (Å²) in [5.74, 6) is -0.300. The summed E-state index contributed by atoms with van der Waals surface area (Å²) in [5.41, 5.74) is 3.04. The van der Waals surface area contributed by atoms with Crippen LogP contribution in [0.3, 0.4) is 0 Å². The Morgan fingerprint density at radius 2 is 1.87 bits per heavy atom. The molecule has 0 aliphatic carbocycles. The van der Waals surface area contributed by atoms with Gasteiger partial charge in [0.05, 0.1) is 10.2 Å². The molecule has 0 radical (unpaired) electrons. The van der Waals surface area contributed by atoms with Crippen LogP contribution in [0.25, 0.3) is 10.2 Å². The Bertz CT molecular complexity index is 902. The number of carbonyl (C=O) groups is 2. The Kier molecular flexibility index (Phi) is 4.08. The van der Waals surface area contributed by atoms with Crippen LogP contribution in [0.2, 0.25) is 0 Å². The van der Waals surface area contributed by atoms with Crippen LogP contribution in [0.4, 0.5) is 10.8 Å². The average molecular weight is 325 g/mol. The topological polar surface area (TPSA) is 71.1 Å². The molecule has 5 nitrogen and oxygen atoms in total. The summed E-state index contributed by atoms with van der Waals surface area (Å²) in [7, 11) is 0. The number of thiazole rings is 1. The number of rotatable bonds is 3. The van der Waals surface area contributed by atoms with Gasteiger partial charge in [-0.3, -0.25) is 14.9 Å². The zero-order valence-electron chi connectivity index (χ0n) is 12.7. The van der Waals surface area contributed by atoms with Gasteiger partial charge in [-0.25, -0.2) is 4.98 Å². The molecule has 2 N–H and O–H groups in total. The van der Waals surface area contributed by atoms with Gasteiger partial charge in [-0.05, 0) is 36.8 Å². The van der Waals surface area contributed by atoms with Crippen LogP contribution in [0.5, 0.6) is 0 Å². The van der Waals surface area contributed by atoms with Crippen LogP contribution in [0, 0.1) is 6.92 Å². The first-order chi connectivity index (χ1) is 11.0. The predicted octanol–water partition coefficient (Wildman–Crippen LogP) is 3.82. The fraction of sp³-hybridized carbons (Fsp3) is 0.118. The van der Waals surface area contributed by atoms with E-state index in [1.807, 2.05) is 37.3 Å². The maximum absolute atomic E-state index is 12.3.